The Kier molecular flexibility index (Phi) is 4.33. The highest BCUT2D eigenvalue weighted by Crippen LogP contribution is 2.27. The van der Waals surface area contributed by atoms with E-state index < -0.39 is 24.6 Å². The van der Waals surface area contributed by atoms with Gasteiger partial charge in [-0.2, -0.15) is 18.3 Å². The fourth-order valence-electron chi connectivity index (χ4n) is 1.64. The molecule has 0 amide bonds. The Hall–Kier alpha value is -1.57. The molecular formula is C10H14F3N3O2. The Morgan fingerprint density at radius 1 is 1.61 bits per heavy atom. The Balaban J connectivity index is 2.76. The fourth-order valence-corrected chi connectivity index (χ4v) is 1.64. The number of alkyl halides is 3. The number of carboxylic acids is 1. The van der Waals surface area contributed by atoms with Crippen LogP contribution in [-0.4, -0.2) is 45.0 Å². The van der Waals surface area contributed by atoms with E-state index in [4.69, 9.17) is 5.11 Å². The number of rotatable bonds is 5. The van der Waals surface area contributed by atoms with Crippen molar-refractivity contribution in [2.75, 3.05) is 7.05 Å². The Morgan fingerprint density at radius 2 is 2.22 bits per heavy atom. The smallest absolute Gasteiger partial charge is 0.404 e. The third-order valence-corrected chi connectivity index (χ3v) is 2.47. The molecule has 0 bridgehead atoms. The Morgan fingerprint density at radius 3 is 2.61 bits per heavy atom. The molecule has 0 saturated carbocycles. The zero-order valence-electron chi connectivity index (χ0n) is 9.98. The van der Waals surface area contributed by atoms with Crippen molar-refractivity contribution in [1.82, 2.24) is 14.7 Å². The molecule has 18 heavy (non-hydrogen) atoms. The molecule has 1 aromatic heterocycles. The SMILES string of the molecule is CN(Cc1cnn(C)c1)C(CC(=O)O)C(F)(F)F. The van der Waals surface area contributed by atoms with Gasteiger partial charge in [0.25, 0.3) is 0 Å². The van der Waals surface area contributed by atoms with E-state index in [0.717, 1.165) is 4.90 Å². The summed E-state index contributed by atoms with van der Waals surface area (Å²) in [6.45, 7) is -0.00863. The lowest BCUT2D eigenvalue weighted by Gasteiger charge is -2.28. The van der Waals surface area contributed by atoms with Crippen LogP contribution >= 0.6 is 0 Å². The third-order valence-electron chi connectivity index (χ3n) is 2.47. The van der Waals surface area contributed by atoms with E-state index in [0.29, 0.717) is 5.56 Å². The van der Waals surface area contributed by atoms with Crippen LogP contribution in [-0.2, 0) is 18.4 Å². The van der Waals surface area contributed by atoms with Crippen LogP contribution in [0.5, 0.6) is 0 Å². The van der Waals surface area contributed by atoms with Crippen molar-refractivity contribution >= 4 is 5.97 Å². The van der Waals surface area contributed by atoms with Crippen LogP contribution < -0.4 is 0 Å². The minimum atomic E-state index is -4.57. The average molecular weight is 265 g/mol. The van der Waals surface area contributed by atoms with Crippen LogP contribution in [0.1, 0.15) is 12.0 Å². The highest BCUT2D eigenvalue weighted by molar-refractivity contribution is 5.67. The highest BCUT2D eigenvalue weighted by Gasteiger charge is 2.43. The Bertz CT molecular complexity index is 417. The second-order valence-electron chi connectivity index (χ2n) is 4.09. The minimum absolute atomic E-state index is 0.00863. The van der Waals surface area contributed by atoms with Crippen molar-refractivity contribution in [2.24, 2.45) is 7.05 Å². The molecule has 1 rings (SSSR count). The van der Waals surface area contributed by atoms with Crippen LogP contribution in [0, 0.1) is 0 Å². The van der Waals surface area contributed by atoms with Crippen molar-refractivity contribution in [3.8, 4) is 0 Å². The summed E-state index contributed by atoms with van der Waals surface area (Å²) in [5.41, 5.74) is 0.597. The molecule has 0 spiro atoms. The molecule has 8 heteroatoms. The predicted molar refractivity (Wildman–Crippen MR) is 56.8 cm³/mol. The first-order valence-corrected chi connectivity index (χ1v) is 5.16. The molecule has 102 valence electrons. The number of carbonyl (C=O) groups is 1. The summed E-state index contributed by atoms with van der Waals surface area (Å²) in [6.07, 6.45) is -2.51. The van der Waals surface area contributed by atoms with Crippen LogP contribution in [0.2, 0.25) is 0 Å². The number of carboxylic acid groups (broad SMARTS) is 1. The molecule has 1 aromatic rings. The minimum Gasteiger partial charge on any atom is -0.481 e. The maximum atomic E-state index is 12.7. The molecule has 0 radical (unpaired) electrons. The second kappa shape index (κ2) is 5.38. The molecule has 0 fully saturated rings. The molecule has 0 saturated heterocycles. The lowest BCUT2D eigenvalue weighted by atomic mass is 10.1. The first-order valence-electron chi connectivity index (χ1n) is 5.16. The molecule has 5 nitrogen and oxygen atoms in total. The molecule has 1 N–H and O–H groups in total. The summed E-state index contributed by atoms with van der Waals surface area (Å²) in [7, 11) is 2.90. The summed E-state index contributed by atoms with van der Waals surface area (Å²) in [5.74, 6) is -1.48. The predicted octanol–water partition coefficient (Wildman–Crippen LogP) is 1.26. The monoisotopic (exact) mass is 265 g/mol. The van der Waals surface area contributed by atoms with Gasteiger partial charge in [-0.05, 0) is 7.05 Å². The highest BCUT2D eigenvalue weighted by atomic mass is 19.4. The number of aromatic nitrogens is 2. The quantitative estimate of drug-likeness (QED) is 0.870. The molecule has 0 aliphatic carbocycles. The van der Waals surface area contributed by atoms with Crippen LogP contribution in [0.25, 0.3) is 0 Å². The van der Waals surface area contributed by atoms with E-state index in [-0.39, 0.29) is 6.54 Å². The van der Waals surface area contributed by atoms with E-state index in [9.17, 15) is 18.0 Å². The van der Waals surface area contributed by atoms with Crippen LogP contribution in [0.4, 0.5) is 13.2 Å². The van der Waals surface area contributed by atoms with E-state index >= 15 is 0 Å². The van der Waals surface area contributed by atoms with Gasteiger partial charge in [0.1, 0.15) is 6.04 Å². The maximum Gasteiger partial charge on any atom is 0.404 e. The van der Waals surface area contributed by atoms with E-state index in [1.165, 1.54) is 17.9 Å². The van der Waals surface area contributed by atoms with Gasteiger partial charge in [-0.15, -0.1) is 0 Å². The molecular weight excluding hydrogens is 251 g/mol. The number of nitrogens with zero attached hydrogens (tertiary/aromatic N) is 3. The van der Waals surface area contributed by atoms with Crippen molar-refractivity contribution in [2.45, 2.75) is 25.2 Å². The summed E-state index contributed by atoms with van der Waals surface area (Å²) in [6, 6.07) is -2.00. The molecule has 1 atom stereocenters. The standard InChI is InChI=1S/C10H14F3N3O2/c1-15(5-7-4-14-16(2)6-7)8(3-9(17)18)10(11,12)13/h4,6,8H,3,5H2,1-2H3,(H,17,18). The van der Waals surface area contributed by atoms with Gasteiger partial charge in [-0.25, -0.2) is 0 Å². The lowest BCUT2D eigenvalue weighted by Crippen LogP contribution is -2.44. The topological polar surface area (TPSA) is 58.4 Å². The van der Waals surface area contributed by atoms with Gasteiger partial charge in [-0.3, -0.25) is 14.4 Å². The van der Waals surface area contributed by atoms with Gasteiger partial charge in [0, 0.05) is 25.4 Å². The fraction of sp³-hybridized carbons (Fsp3) is 0.600. The normalized spacial score (nSPS) is 13.9. The lowest BCUT2D eigenvalue weighted by molar-refractivity contribution is -0.188. The van der Waals surface area contributed by atoms with Gasteiger partial charge in [0.15, 0.2) is 0 Å². The van der Waals surface area contributed by atoms with Crippen molar-refractivity contribution in [3.63, 3.8) is 0 Å². The number of aliphatic carboxylic acids is 1. The Labute approximate surface area is 102 Å². The number of halogens is 3. The average Bonchev–Trinajstić information content (AvgIpc) is 2.58. The van der Waals surface area contributed by atoms with Gasteiger partial charge in [0.2, 0.25) is 0 Å². The van der Waals surface area contributed by atoms with Crippen LogP contribution in [0.15, 0.2) is 12.4 Å². The number of aryl methyl sites for hydroxylation is 1. The van der Waals surface area contributed by atoms with Gasteiger partial charge in [-0.1, -0.05) is 0 Å². The third kappa shape index (κ3) is 4.02. The van der Waals surface area contributed by atoms with Gasteiger partial charge < -0.3 is 5.11 Å². The summed E-state index contributed by atoms with van der Waals surface area (Å²) < 4.78 is 39.6. The molecule has 0 aliphatic rings. The summed E-state index contributed by atoms with van der Waals surface area (Å²) in [5, 5.41) is 12.4. The first kappa shape index (κ1) is 14.5. The summed E-state index contributed by atoms with van der Waals surface area (Å²) in [4.78, 5) is 11.4. The largest absolute Gasteiger partial charge is 0.481 e. The van der Waals surface area contributed by atoms with Gasteiger partial charge in [0.05, 0.1) is 12.6 Å². The molecule has 1 unspecified atom stereocenters. The molecule has 1 heterocycles. The zero-order valence-corrected chi connectivity index (χ0v) is 9.98. The maximum absolute atomic E-state index is 12.7. The van der Waals surface area contributed by atoms with Crippen LogP contribution in [0.3, 0.4) is 0 Å². The second-order valence-corrected chi connectivity index (χ2v) is 4.09. The zero-order chi connectivity index (χ0) is 13.9. The first-order chi connectivity index (χ1) is 8.20. The number of hydrogen-bond donors (Lipinski definition) is 1. The molecule has 0 aliphatic heterocycles. The van der Waals surface area contributed by atoms with E-state index in [2.05, 4.69) is 5.10 Å². The van der Waals surface area contributed by atoms with Gasteiger partial charge >= 0.3 is 12.1 Å². The molecule has 0 aromatic carbocycles. The van der Waals surface area contributed by atoms with E-state index in [1.807, 2.05) is 0 Å². The van der Waals surface area contributed by atoms with E-state index in [1.54, 1.807) is 13.2 Å². The van der Waals surface area contributed by atoms with Crippen molar-refractivity contribution < 1.29 is 23.1 Å². The summed E-state index contributed by atoms with van der Waals surface area (Å²) >= 11 is 0. The van der Waals surface area contributed by atoms with Crippen molar-refractivity contribution in [3.05, 3.63) is 18.0 Å². The van der Waals surface area contributed by atoms with Crippen molar-refractivity contribution in [1.29, 1.82) is 0 Å². The number of hydrogen-bond acceptors (Lipinski definition) is 3.